The van der Waals surface area contributed by atoms with Gasteiger partial charge in [0.05, 0.1) is 6.20 Å². The molecule has 1 heterocycles. The summed E-state index contributed by atoms with van der Waals surface area (Å²) in [6, 6.07) is 6.71. The second kappa shape index (κ2) is 4.73. The molecule has 1 aromatic carbocycles. The molecule has 1 aromatic heterocycles. The van der Waals surface area contributed by atoms with Gasteiger partial charge >= 0.3 is 5.97 Å². The van der Waals surface area contributed by atoms with Crippen LogP contribution >= 0.6 is 0 Å². The molecule has 19 heavy (non-hydrogen) atoms. The lowest BCUT2D eigenvalue weighted by molar-refractivity contribution is 0.0692. The van der Waals surface area contributed by atoms with Crippen molar-refractivity contribution in [2.75, 3.05) is 4.72 Å². The van der Waals surface area contributed by atoms with Gasteiger partial charge in [-0.2, -0.15) is 13.5 Å². The number of sulfonamides is 1. The van der Waals surface area contributed by atoms with E-state index in [1.807, 2.05) is 13.0 Å². The van der Waals surface area contributed by atoms with Crippen LogP contribution in [0.1, 0.15) is 15.9 Å². The Labute approximate surface area is 109 Å². The normalized spacial score (nSPS) is 11.2. The zero-order chi connectivity index (χ0) is 14.0. The van der Waals surface area contributed by atoms with Crippen molar-refractivity contribution in [2.24, 2.45) is 0 Å². The van der Waals surface area contributed by atoms with Gasteiger partial charge in [0.1, 0.15) is 5.56 Å². The van der Waals surface area contributed by atoms with Gasteiger partial charge < -0.3 is 5.11 Å². The number of H-pyrrole nitrogens is 1. The summed E-state index contributed by atoms with van der Waals surface area (Å²) in [5, 5.41) is 14.0. The maximum Gasteiger partial charge on any atom is 0.340 e. The largest absolute Gasteiger partial charge is 0.478 e. The molecule has 0 saturated carbocycles. The maximum atomic E-state index is 12.1. The van der Waals surface area contributed by atoms with Crippen molar-refractivity contribution in [1.82, 2.24) is 10.2 Å². The number of nitrogens with one attached hydrogen (secondary N) is 2. The van der Waals surface area contributed by atoms with Crippen molar-refractivity contribution in [3.05, 3.63) is 41.6 Å². The highest BCUT2D eigenvalue weighted by molar-refractivity contribution is 7.92. The van der Waals surface area contributed by atoms with Gasteiger partial charge in [0.2, 0.25) is 0 Å². The van der Waals surface area contributed by atoms with Crippen LogP contribution in [-0.2, 0) is 10.0 Å². The van der Waals surface area contributed by atoms with Gasteiger partial charge in [-0.15, -0.1) is 0 Å². The molecule has 0 fully saturated rings. The number of hydrogen-bond donors (Lipinski definition) is 3. The lowest BCUT2D eigenvalue weighted by Crippen LogP contribution is -2.16. The fourth-order valence-electron chi connectivity index (χ4n) is 1.55. The molecule has 0 bridgehead atoms. The third kappa shape index (κ3) is 2.74. The Bertz CT molecular complexity index is 721. The first kappa shape index (κ1) is 13.1. The molecule has 0 amide bonds. The highest BCUT2D eigenvalue weighted by atomic mass is 32.2. The summed E-state index contributed by atoms with van der Waals surface area (Å²) in [6.45, 7) is 1.82. The summed E-state index contributed by atoms with van der Waals surface area (Å²) in [5.41, 5.74) is 0.828. The van der Waals surface area contributed by atoms with Crippen molar-refractivity contribution in [1.29, 1.82) is 0 Å². The van der Waals surface area contributed by atoms with Crippen molar-refractivity contribution in [3.63, 3.8) is 0 Å². The zero-order valence-electron chi connectivity index (χ0n) is 9.91. The maximum absolute atomic E-state index is 12.1. The predicted octanol–water partition coefficient (Wildman–Crippen LogP) is 1.22. The Balaban J connectivity index is 2.38. The number of carboxylic acid groups (broad SMARTS) is 1. The van der Waals surface area contributed by atoms with Gasteiger partial charge in [-0.3, -0.25) is 9.82 Å². The third-order valence-electron chi connectivity index (χ3n) is 2.37. The number of nitrogens with zero attached hydrogens (tertiary/aromatic N) is 1. The quantitative estimate of drug-likeness (QED) is 0.780. The first-order valence-corrected chi connectivity index (χ1v) is 6.74. The second-order valence-corrected chi connectivity index (χ2v) is 5.51. The van der Waals surface area contributed by atoms with Crippen LogP contribution < -0.4 is 4.72 Å². The fourth-order valence-corrected chi connectivity index (χ4v) is 2.69. The Morgan fingerprint density at radius 1 is 1.42 bits per heavy atom. The number of aromatic carboxylic acids is 1. The van der Waals surface area contributed by atoms with Gasteiger partial charge in [0.25, 0.3) is 10.0 Å². The van der Waals surface area contributed by atoms with Crippen molar-refractivity contribution < 1.29 is 18.3 Å². The van der Waals surface area contributed by atoms with E-state index in [-0.39, 0.29) is 0 Å². The average Bonchev–Trinajstić information content (AvgIpc) is 2.77. The summed E-state index contributed by atoms with van der Waals surface area (Å²) in [6.07, 6.45) is 0.952. The fraction of sp³-hybridized carbons (Fsp3) is 0.0909. The smallest absolute Gasteiger partial charge is 0.340 e. The first-order chi connectivity index (χ1) is 8.90. The molecule has 7 nitrogen and oxygen atoms in total. The minimum Gasteiger partial charge on any atom is -0.478 e. The van der Waals surface area contributed by atoms with E-state index in [0.717, 1.165) is 11.8 Å². The molecule has 2 rings (SSSR count). The first-order valence-electron chi connectivity index (χ1n) is 5.26. The van der Waals surface area contributed by atoms with Crippen LogP contribution in [0.15, 0.2) is 35.5 Å². The minimum absolute atomic E-state index is 0.353. The van der Waals surface area contributed by atoms with Crippen LogP contribution in [0.3, 0.4) is 0 Å². The van der Waals surface area contributed by atoms with Gasteiger partial charge in [-0.25, -0.2) is 4.79 Å². The number of aromatic nitrogens is 2. The Kier molecular flexibility index (Phi) is 3.26. The standard InChI is InChI=1S/C11H11N3O4S/c1-7-3-2-4-8(5-7)14-19(17,18)10-9(11(15)16)6-12-13-10/h2-6,14H,1H3,(H,12,13)(H,15,16). The summed E-state index contributed by atoms with van der Waals surface area (Å²) in [5.74, 6) is -1.36. The van der Waals surface area contributed by atoms with Gasteiger partial charge in [0, 0.05) is 5.69 Å². The van der Waals surface area contributed by atoms with E-state index < -0.39 is 26.6 Å². The van der Waals surface area contributed by atoms with Crippen molar-refractivity contribution >= 4 is 21.7 Å². The van der Waals surface area contributed by atoms with E-state index in [2.05, 4.69) is 14.9 Å². The van der Waals surface area contributed by atoms with Crippen LogP contribution in [-0.4, -0.2) is 29.7 Å². The molecular weight excluding hydrogens is 270 g/mol. The van der Waals surface area contributed by atoms with E-state index in [4.69, 9.17) is 5.11 Å². The Morgan fingerprint density at radius 2 is 2.16 bits per heavy atom. The average molecular weight is 281 g/mol. The molecule has 8 heteroatoms. The number of anilines is 1. The van der Waals surface area contributed by atoms with Crippen LogP contribution in [0.2, 0.25) is 0 Å². The van der Waals surface area contributed by atoms with E-state index in [0.29, 0.717) is 5.69 Å². The van der Waals surface area contributed by atoms with E-state index in [1.165, 1.54) is 0 Å². The number of aryl methyl sites for hydroxylation is 1. The number of carbonyl (C=O) groups is 1. The third-order valence-corrected chi connectivity index (χ3v) is 3.73. The van der Waals surface area contributed by atoms with Gasteiger partial charge in [-0.05, 0) is 24.6 Å². The number of aromatic amines is 1. The molecule has 0 unspecified atom stereocenters. The predicted molar refractivity (Wildman–Crippen MR) is 67.5 cm³/mol. The molecular formula is C11H11N3O4S. The van der Waals surface area contributed by atoms with Crippen LogP contribution in [0.5, 0.6) is 0 Å². The SMILES string of the molecule is Cc1cccc(NS(=O)(=O)c2[nH]ncc2C(=O)O)c1. The summed E-state index contributed by atoms with van der Waals surface area (Å²) in [4.78, 5) is 10.9. The Hall–Kier alpha value is -2.35. The Morgan fingerprint density at radius 3 is 2.79 bits per heavy atom. The van der Waals surface area contributed by atoms with E-state index in [1.54, 1.807) is 18.2 Å². The molecule has 100 valence electrons. The molecule has 0 saturated heterocycles. The highest BCUT2D eigenvalue weighted by Gasteiger charge is 2.24. The lowest BCUT2D eigenvalue weighted by atomic mass is 10.2. The molecule has 3 N–H and O–H groups in total. The molecule has 0 radical (unpaired) electrons. The minimum atomic E-state index is -4.01. The van der Waals surface area contributed by atoms with Crippen molar-refractivity contribution in [3.8, 4) is 0 Å². The van der Waals surface area contributed by atoms with E-state index in [9.17, 15) is 13.2 Å². The molecule has 0 spiro atoms. The zero-order valence-corrected chi connectivity index (χ0v) is 10.7. The van der Waals surface area contributed by atoms with E-state index >= 15 is 0 Å². The summed E-state index contributed by atoms with van der Waals surface area (Å²) < 4.78 is 26.4. The van der Waals surface area contributed by atoms with Crippen LogP contribution in [0.25, 0.3) is 0 Å². The van der Waals surface area contributed by atoms with Gasteiger partial charge in [0.15, 0.2) is 5.03 Å². The van der Waals surface area contributed by atoms with Gasteiger partial charge in [-0.1, -0.05) is 12.1 Å². The number of rotatable bonds is 4. The lowest BCUT2D eigenvalue weighted by Gasteiger charge is -2.07. The van der Waals surface area contributed by atoms with Crippen LogP contribution in [0, 0.1) is 6.92 Å². The molecule has 0 aliphatic heterocycles. The molecule has 0 atom stereocenters. The van der Waals surface area contributed by atoms with Crippen LogP contribution in [0.4, 0.5) is 5.69 Å². The second-order valence-electron chi connectivity index (χ2n) is 3.89. The number of hydrogen-bond acceptors (Lipinski definition) is 4. The topological polar surface area (TPSA) is 112 Å². The number of carboxylic acids is 1. The number of benzene rings is 1. The van der Waals surface area contributed by atoms with Crippen molar-refractivity contribution in [2.45, 2.75) is 11.9 Å². The monoisotopic (exact) mass is 281 g/mol. The highest BCUT2D eigenvalue weighted by Crippen LogP contribution is 2.18. The molecule has 0 aliphatic carbocycles. The molecule has 2 aromatic rings. The molecule has 0 aliphatic rings. The summed E-state index contributed by atoms with van der Waals surface area (Å²) in [7, 11) is -4.01. The summed E-state index contributed by atoms with van der Waals surface area (Å²) >= 11 is 0.